The van der Waals surface area contributed by atoms with Crippen molar-refractivity contribution >= 4 is 32.2 Å². The van der Waals surface area contributed by atoms with Gasteiger partial charge < -0.3 is 4.74 Å². The number of aryl methyl sites for hydroxylation is 3. The van der Waals surface area contributed by atoms with Gasteiger partial charge >= 0.3 is 0 Å². The monoisotopic (exact) mass is 386 g/mol. The van der Waals surface area contributed by atoms with Crippen LogP contribution in [0.15, 0.2) is 36.5 Å². The van der Waals surface area contributed by atoms with Crippen molar-refractivity contribution in [2.75, 3.05) is 0 Å². The molecule has 0 unspecified atom stereocenters. The van der Waals surface area contributed by atoms with E-state index in [-0.39, 0.29) is 0 Å². The van der Waals surface area contributed by atoms with Gasteiger partial charge in [-0.1, -0.05) is 37.1 Å². The van der Waals surface area contributed by atoms with Crippen LogP contribution in [0.5, 0.6) is 11.5 Å². The number of pyridine rings is 1. The molecule has 2 aliphatic rings. The highest BCUT2D eigenvalue weighted by molar-refractivity contribution is 7.19. The molecule has 0 saturated heterocycles. The maximum atomic E-state index is 6.80. The Kier molecular flexibility index (Phi) is 3.43. The first-order valence-electron chi connectivity index (χ1n) is 10.3. The zero-order valence-corrected chi connectivity index (χ0v) is 17.5. The number of benzene rings is 2. The number of hydrogen-bond donors (Lipinski definition) is 0. The Labute approximate surface area is 169 Å². The van der Waals surface area contributed by atoms with Crippen molar-refractivity contribution in [3.63, 3.8) is 0 Å². The summed E-state index contributed by atoms with van der Waals surface area (Å²) in [5.74, 6) is 2.86. The molecule has 2 aromatic carbocycles. The molecule has 3 heteroatoms. The van der Waals surface area contributed by atoms with E-state index in [1.807, 2.05) is 11.3 Å². The Balaban J connectivity index is 1.76. The highest BCUT2D eigenvalue weighted by atomic mass is 32.1. The van der Waals surface area contributed by atoms with Crippen LogP contribution in [0, 0.1) is 13.8 Å². The first kappa shape index (κ1) is 16.6. The molecule has 4 aromatic rings. The highest BCUT2D eigenvalue weighted by Gasteiger charge is 2.36. The van der Waals surface area contributed by atoms with Crippen LogP contribution < -0.4 is 9.30 Å². The Morgan fingerprint density at radius 3 is 2.43 bits per heavy atom. The van der Waals surface area contributed by atoms with Gasteiger partial charge in [-0.3, -0.25) is 0 Å². The fraction of sp³-hybridized carbons (Fsp3) is 0.320. The zero-order valence-electron chi connectivity index (χ0n) is 16.6. The molecule has 1 saturated carbocycles. The van der Waals surface area contributed by atoms with Gasteiger partial charge in [0.1, 0.15) is 18.2 Å². The maximum Gasteiger partial charge on any atom is 0.228 e. The van der Waals surface area contributed by atoms with Crippen LogP contribution in [0.1, 0.15) is 47.6 Å². The molecule has 0 spiro atoms. The molecule has 0 radical (unpaired) electrons. The smallest absolute Gasteiger partial charge is 0.228 e. The number of ether oxygens (including phenoxy) is 1. The van der Waals surface area contributed by atoms with E-state index in [1.54, 1.807) is 0 Å². The molecule has 3 heterocycles. The molecule has 1 aliphatic heterocycles. The first-order chi connectivity index (χ1) is 13.6. The van der Waals surface area contributed by atoms with E-state index in [0.717, 1.165) is 11.5 Å². The molecule has 2 nitrogen and oxygen atoms in total. The summed E-state index contributed by atoms with van der Waals surface area (Å²) in [6.45, 7) is 4.46. The minimum absolute atomic E-state index is 0.661. The van der Waals surface area contributed by atoms with Crippen molar-refractivity contribution in [2.45, 2.75) is 45.4 Å². The number of nitrogens with zero attached hydrogens (tertiary/aromatic N) is 1. The summed E-state index contributed by atoms with van der Waals surface area (Å²) in [4.78, 5) is 1.47. The van der Waals surface area contributed by atoms with Crippen molar-refractivity contribution in [1.29, 1.82) is 0 Å². The minimum Gasteiger partial charge on any atom is -0.454 e. The first-order valence-corrected chi connectivity index (χ1v) is 11.1. The molecule has 0 atom stereocenters. The number of hydrogen-bond acceptors (Lipinski definition) is 2. The number of aromatic nitrogens is 1. The lowest BCUT2D eigenvalue weighted by molar-refractivity contribution is -0.659. The molecule has 0 amide bonds. The van der Waals surface area contributed by atoms with E-state index >= 15 is 0 Å². The third-order valence-corrected chi connectivity index (χ3v) is 8.10. The molecular formula is C25H24NOS+. The second-order valence-electron chi connectivity index (χ2n) is 8.39. The summed E-state index contributed by atoms with van der Waals surface area (Å²) in [7, 11) is 2.17. The second kappa shape index (κ2) is 5.81. The van der Waals surface area contributed by atoms with Gasteiger partial charge in [0.2, 0.25) is 5.69 Å². The zero-order chi connectivity index (χ0) is 19.0. The van der Waals surface area contributed by atoms with Crippen molar-refractivity contribution in [3.05, 3.63) is 52.5 Å². The van der Waals surface area contributed by atoms with Gasteiger partial charge in [0.05, 0.1) is 15.1 Å². The lowest BCUT2D eigenvalue weighted by Crippen LogP contribution is -2.31. The third-order valence-electron chi connectivity index (χ3n) is 6.80. The van der Waals surface area contributed by atoms with E-state index in [2.05, 4.69) is 62.0 Å². The van der Waals surface area contributed by atoms with Crippen LogP contribution in [0.25, 0.3) is 32.1 Å². The van der Waals surface area contributed by atoms with E-state index in [0.29, 0.717) is 5.92 Å². The van der Waals surface area contributed by atoms with Crippen LogP contribution in [0.4, 0.5) is 0 Å². The van der Waals surface area contributed by atoms with Gasteiger partial charge in [-0.05, 0) is 48.9 Å². The van der Waals surface area contributed by atoms with Gasteiger partial charge in [0.25, 0.3) is 0 Å². The SMILES string of the molecule is Cc1c2c(c(C)c3ccccc13)-c1c3c(c(C4CCCC4)sc3cc[n+]1C)O2. The lowest BCUT2D eigenvalue weighted by atomic mass is 9.90. The topological polar surface area (TPSA) is 13.1 Å². The van der Waals surface area contributed by atoms with Crippen LogP contribution in [0.3, 0.4) is 0 Å². The van der Waals surface area contributed by atoms with Gasteiger partial charge in [0.15, 0.2) is 11.9 Å². The summed E-state index contributed by atoms with van der Waals surface area (Å²) < 4.78 is 10.5. The second-order valence-corrected chi connectivity index (χ2v) is 9.48. The van der Waals surface area contributed by atoms with Crippen molar-refractivity contribution in [2.24, 2.45) is 7.05 Å². The maximum absolute atomic E-state index is 6.80. The van der Waals surface area contributed by atoms with Crippen molar-refractivity contribution in [3.8, 4) is 22.8 Å². The number of fused-ring (bicyclic) bond motifs is 3. The fourth-order valence-electron chi connectivity index (χ4n) is 5.35. The third kappa shape index (κ3) is 2.06. The largest absolute Gasteiger partial charge is 0.454 e. The van der Waals surface area contributed by atoms with E-state index < -0.39 is 0 Å². The Morgan fingerprint density at radius 2 is 1.68 bits per heavy atom. The van der Waals surface area contributed by atoms with Crippen LogP contribution >= 0.6 is 11.3 Å². The van der Waals surface area contributed by atoms with Gasteiger partial charge in [-0.2, -0.15) is 0 Å². The van der Waals surface area contributed by atoms with Gasteiger partial charge in [0, 0.05) is 11.6 Å². The van der Waals surface area contributed by atoms with E-state index in [4.69, 9.17) is 4.74 Å². The fourth-order valence-corrected chi connectivity index (χ4v) is 6.65. The Morgan fingerprint density at radius 1 is 0.964 bits per heavy atom. The molecule has 2 aromatic heterocycles. The minimum atomic E-state index is 0.661. The normalized spacial score (nSPS) is 16.0. The average Bonchev–Trinajstić information content (AvgIpc) is 3.36. The highest BCUT2D eigenvalue weighted by Crippen LogP contribution is 2.56. The quantitative estimate of drug-likeness (QED) is 0.285. The van der Waals surface area contributed by atoms with E-state index in [1.165, 1.54) is 73.8 Å². The van der Waals surface area contributed by atoms with Crippen molar-refractivity contribution < 1.29 is 9.30 Å². The Bertz CT molecular complexity index is 1280. The molecule has 6 rings (SSSR count). The lowest BCUT2D eigenvalue weighted by Gasteiger charge is -2.23. The van der Waals surface area contributed by atoms with Gasteiger partial charge in [-0.15, -0.1) is 11.3 Å². The van der Waals surface area contributed by atoms with Crippen molar-refractivity contribution in [1.82, 2.24) is 0 Å². The molecule has 0 N–H and O–H groups in total. The predicted molar refractivity (Wildman–Crippen MR) is 117 cm³/mol. The van der Waals surface area contributed by atoms with Gasteiger partial charge in [-0.25, -0.2) is 4.57 Å². The van der Waals surface area contributed by atoms with Crippen LogP contribution in [-0.4, -0.2) is 0 Å². The number of rotatable bonds is 1. The molecule has 0 bridgehead atoms. The Hall–Kier alpha value is -2.39. The molecule has 1 fully saturated rings. The summed E-state index contributed by atoms with van der Waals surface area (Å²) in [6.07, 6.45) is 7.51. The number of thiophene rings is 1. The molecule has 28 heavy (non-hydrogen) atoms. The summed E-state index contributed by atoms with van der Waals surface area (Å²) >= 11 is 1.96. The predicted octanol–water partition coefficient (Wildman–Crippen LogP) is 6.93. The summed E-state index contributed by atoms with van der Waals surface area (Å²) in [5.41, 5.74) is 5.16. The molecule has 140 valence electrons. The molecule has 1 aliphatic carbocycles. The summed E-state index contributed by atoms with van der Waals surface area (Å²) in [6, 6.07) is 11.0. The van der Waals surface area contributed by atoms with Crippen LogP contribution in [-0.2, 0) is 7.05 Å². The average molecular weight is 387 g/mol. The summed E-state index contributed by atoms with van der Waals surface area (Å²) in [5, 5.41) is 3.95. The molecular weight excluding hydrogens is 362 g/mol. The van der Waals surface area contributed by atoms with Crippen LogP contribution in [0.2, 0.25) is 0 Å². The standard InChI is InChI=1S/C25H24NOS/c1-14-17-10-6-7-11-18(17)15(2)23-20(14)22-21-19(12-13-26(22)3)28-25(24(21)27-23)16-8-4-5-9-16/h6-7,10-13,16H,4-5,8-9H2,1-3H3/q+1. The van der Waals surface area contributed by atoms with E-state index in [9.17, 15) is 0 Å².